The highest BCUT2D eigenvalue weighted by Gasteiger charge is 2.21. The average Bonchev–Trinajstić information content (AvgIpc) is 2.36. The SMILES string of the molecule is Cc1cc(C#N)ccc1CNC(C)(CO)CO. The van der Waals surface area contributed by atoms with Crippen molar-refractivity contribution in [2.24, 2.45) is 0 Å². The van der Waals surface area contributed by atoms with E-state index in [1.54, 1.807) is 13.0 Å². The second kappa shape index (κ2) is 5.78. The van der Waals surface area contributed by atoms with Crippen LogP contribution in [-0.2, 0) is 6.54 Å². The van der Waals surface area contributed by atoms with Crippen molar-refractivity contribution >= 4 is 0 Å². The zero-order chi connectivity index (χ0) is 12.9. The molecule has 92 valence electrons. The molecule has 17 heavy (non-hydrogen) atoms. The average molecular weight is 234 g/mol. The molecular weight excluding hydrogens is 216 g/mol. The van der Waals surface area contributed by atoms with Gasteiger partial charge in [0.2, 0.25) is 0 Å². The first kappa shape index (κ1) is 13.7. The van der Waals surface area contributed by atoms with Gasteiger partial charge in [0.25, 0.3) is 0 Å². The predicted octanol–water partition coefficient (Wildman–Crippen LogP) is 0.700. The Morgan fingerprint density at radius 1 is 1.35 bits per heavy atom. The van der Waals surface area contributed by atoms with Gasteiger partial charge >= 0.3 is 0 Å². The van der Waals surface area contributed by atoms with Gasteiger partial charge in [0, 0.05) is 6.54 Å². The number of nitrogens with zero attached hydrogens (tertiary/aromatic N) is 1. The molecule has 0 atom stereocenters. The number of aliphatic hydroxyl groups excluding tert-OH is 2. The molecule has 4 heteroatoms. The highest BCUT2D eigenvalue weighted by molar-refractivity contribution is 5.37. The number of aryl methyl sites for hydroxylation is 1. The first-order valence-corrected chi connectivity index (χ1v) is 5.51. The van der Waals surface area contributed by atoms with Crippen LogP contribution in [0.3, 0.4) is 0 Å². The van der Waals surface area contributed by atoms with Crippen molar-refractivity contribution in [3.05, 3.63) is 34.9 Å². The van der Waals surface area contributed by atoms with Crippen molar-refractivity contribution in [3.63, 3.8) is 0 Å². The number of hydrogen-bond donors (Lipinski definition) is 3. The molecular formula is C13H18N2O2. The van der Waals surface area contributed by atoms with Crippen LogP contribution < -0.4 is 5.32 Å². The molecule has 3 N–H and O–H groups in total. The molecule has 1 aromatic rings. The number of aliphatic hydroxyl groups is 2. The van der Waals surface area contributed by atoms with Gasteiger partial charge in [0.05, 0.1) is 30.4 Å². The van der Waals surface area contributed by atoms with E-state index in [4.69, 9.17) is 15.5 Å². The molecule has 0 fully saturated rings. The van der Waals surface area contributed by atoms with Gasteiger partial charge in [-0.2, -0.15) is 5.26 Å². The Labute approximate surface area is 102 Å². The third-order valence-electron chi connectivity index (χ3n) is 2.88. The summed E-state index contributed by atoms with van der Waals surface area (Å²) in [5.41, 5.74) is 2.03. The second-order valence-electron chi connectivity index (χ2n) is 4.48. The number of benzene rings is 1. The first-order valence-electron chi connectivity index (χ1n) is 5.51. The van der Waals surface area contributed by atoms with E-state index in [-0.39, 0.29) is 13.2 Å². The van der Waals surface area contributed by atoms with E-state index in [1.165, 1.54) is 0 Å². The molecule has 0 bridgehead atoms. The molecule has 0 aliphatic carbocycles. The van der Waals surface area contributed by atoms with E-state index in [0.717, 1.165) is 11.1 Å². The maximum atomic E-state index is 9.15. The zero-order valence-electron chi connectivity index (χ0n) is 10.2. The van der Waals surface area contributed by atoms with Crippen LogP contribution in [0, 0.1) is 18.3 Å². The Morgan fingerprint density at radius 2 is 2.00 bits per heavy atom. The van der Waals surface area contributed by atoms with Crippen molar-refractivity contribution in [1.29, 1.82) is 5.26 Å². The fraction of sp³-hybridized carbons (Fsp3) is 0.462. The lowest BCUT2D eigenvalue weighted by Gasteiger charge is -2.26. The van der Waals surface area contributed by atoms with E-state index in [2.05, 4.69) is 11.4 Å². The van der Waals surface area contributed by atoms with Crippen molar-refractivity contribution < 1.29 is 10.2 Å². The molecule has 0 saturated carbocycles. The third-order valence-corrected chi connectivity index (χ3v) is 2.88. The summed E-state index contributed by atoms with van der Waals surface area (Å²) in [6.45, 7) is 3.99. The molecule has 0 aliphatic heterocycles. The summed E-state index contributed by atoms with van der Waals surface area (Å²) in [5, 5.41) is 30.2. The van der Waals surface area contributed by atoms with E-state index < -0.39 is 5.54 Å². The lowest BCUT2D eigenvalue weighted by molar-refractivity contribution is 0.103. The monoisotopic (exact) mass is 234 g/mol. The predicted molar refractivity (Wildman–Crippen MR) is 65.3 cm³/mol. The van der Waals surface area contributed by atoms with Gasteiger partial charge < -0.3 is 15.5 Å². The minimum Gasteiger partial charge on any atom is -0.394 e. The summed E-state index contributed by atoms with van der Waals surface area (Å²) in [5.74, 6) is 0. The van der Waals surface area contributed by atoms with E-state index in [1.807, 2.05) is 19.1 Å². The minimum atomic E-state index is -0.680. The fourth-order valence-corrected chi connectivity index (χ4v) is 1.43. The Hall–Kier alpha value is -1.41. The lowest BCUT2D eigenvalue weighted by Crippen LogP contribution is -2.48. The standard InChI is InChI=1S/C13H18N2O2/c1-10-5-11(6-14)3-4-12(10)7-15-13(2,8-16)9-17/h3-5,15-17H,7-9H2,1-2H3. The number of hydrogen-bond acceptors (Lipinski definition) is 4. The fourth-order valence-electron chi connectivity index (χ4n) is 1.43. The summed E-state index contributed by atoms with van der Waals surface area (Å²) in [4.78, 5) is 0. The van der Waals surface area contributed by atoms with Crippen LogP contribution >= 0.6 is 0 Å². The zero-order valence-corrected chi connectivity index (χ0v) is 10.2. The van der Waals surface area contributed by atoms with E-state index in [9.17, 15) is 0 Å². The van der Waals surface area contributed by atoms with Crippen LogP contribution in [0.4, 0.5) is 0 Å². The smallest absolute Gasteiger partial charge is 0.0991 e. The molecule has 0 unspecified atom stereocenters. The van der Waals surface area contributed by atoms with E-state index >= 15 is 0 Å². The van der Waals surface area contributed by atoms with Crippen LogP contribution in [0.5, 0.6) is 0 Å². The molecule has 0 radical (unpaired) electrons. The largest absolute Gasteiger partial charge is 0.394 e. The quantitative estimate of drug-likeness (QED) is 0.701. The molecule has 0 aliphatic rings. The van der Waals surface area contributed by atoms with Crippen molar-refractivity contribution in [1.82, 2.24) is 5.32 Å². The molecule has 0 spiro atoms. The maximum absolute atomic E-state index is 9.15. The Kier molecular flexibility index (Phi) is 4.64. The van der Waals surface area contributed by atoms with E-state index in [0.29, 0.717) is 12.1 Å². The third kappa shape index (κ3) is 3.53. The summed E-state index contributed by atoms with van der Waals surface area (Å²) in [6, 6.07) is 7.56. The topological polar surface area (TPSA) is 76.3 Å². The molecule has 0 amide bonds. The Morgan fingerprint density at radius 3 is 2.47 bits per heavy atom. The summed E-state index contributed by atoms with van der Waals surface area (Å²) in [7, 11) is 0. The normalized spacial score (nSPS) is 11.2. The minimum absolute atomic E-state index is 0.126. The Bertz CT molecular complexity index is 420. The Balaban J connectivity index is 2.74. The van der Waals surface area contributed by atoms with Gasteiger partial charge in [0.1, 0.15) is 0 Å². The lowest BCUT2D eigenvalue weighted by atomic mass is 10.0. The van der Waals surface area contributed by atoms with Crippen LogP contribution in [0.2, 0.25) is 0 Å². The summed E-state index contributed by atoms with van der Waals surface area (Å²) >= 11 is 0. The van der Waals surface area contributed by atoms with Crippen LogP contribution in [0.25, 0.3) is 0 Å². The van der Waals surface area contributed by atoms with Crippen molar-refractivity contribution in [2.45, 2.75) is 25.9 Å². The molecule has 1 rings (SSSR count). The van der Waals surface area contributed by atoms with Gasteiger partial charge in [-0.05, 0) is 37.1 Å². The van der Waals surface area contributed by atoms with Crippen molar-refractivity contribution in [3.8, 4) is 6.07 Å². The van der Waals surface area contributed by atoms with Crippen LogP contribution in [-0.4, -0.2) is 29.0 Å². The number of nitrogens with one attached hydrogen (secondary N) is 1. The summed E-state index contributed by atoms with van der Waals surface area (Å²) < 4.78 is 0. The van der Waals surface area contributed by atoms with Gasteiger partial charge in [0.15, 0.2) is 0 Å². The maximum Gasteiger partial charge on any atom is 0.0991 e. The van der Waals surface area contributed by atoms with Crippen LogP contribution in [0.1, 0.15) is 23.6 Å². The van der Waals surface area contributed by atoms with Crippen molar-refractivity contribution in [2.75, 3.05) is 13.2 Å². The highest BCUT2D eigenvalue weighted by atomic mass is 16.3. The highest BCUT2D eigenvalue weighted by Crippen LogP contribution is 2.12. The summed E-state index contributed by atoms with van der Waals surface area (Å²) in [6.07, 6.45) is 0. The van der Waals surface area contributed by atoms with Gasteiger partial charge in [-0.1, -0.05) is 6.07 Å². The van der Waals surface area contributed by atoms with Gasteiger partial charge in [-0.15, -0.1) is 0 Å². The molecule has 4 nitrogen and oxygen atoms in total. The van der Waals surface area contributed by atoms with Gasteiger partial charge in [-0.25, -0.2) is 0 Å². The second-order valence-corrected chi connectivity index (χ2v) is 4.48. The van der Waals surface area contributed by atoms with Crippen LogP contribution in [0.15, 0.2) is 18.2 Å². The number of rotatable bonds is 5. The number of nitriles is 1. The van der Waals surface area contributed by atoms with Gasteiger partial charge in [-0.3, -0.25) is 0 Å². The molecule has 0 heterocycles. The molecule has 0 saturated heterocycles. The first-order chi connectivity index (χ1) is 8.04. The molecule has 1 aromatic carbocycles. The molecule has 0 aromatic heterocycles.